The number of rotatable bonds is 4. The van der Waals surface area contributed by atoms with Gasteiger partial charge in [-0.3, -0.25) is 4.72 Å². The molecule has 1 aliphatic heterocycles. The normalized spacial score (nSPS) is 20.5. The lowest BCUT2D eigenvalue weighted by Gasteiger charge is -2.22. The molecule has 1 rings (SSSR count). The minimum Gasteiger partial charge on any atom is -0.353 e. The van der Waals surface area contributed by atoms with E-state index in [9.17, 15) is 0 Å². The lowest BCUT2D eigenvalue weighted by molar-refractivity contribution is -0.181. The first-order valence-electron chi connectivity index (χ1n) is 4.03. The average molecular weight is 177 g/mol. The zero-order valence-corrected chi connectivity index (χ0v) is 7.48. The number of hydrogen-bond donors (Lipinski definition) is 2. The van der Waals surface area contributed by atoms with Crippen molar-refractivity contribution in [3.63, 3.8) is 0 Å². The van der Waals surface area contributed by atoms with Gasteiger partial charge in [-0.25, -0.2) is 0 Å². The van der Waals surface area contributed by atoms with E-state index in [0.717, 1.165) is 39.0 Å². The van der Waals surface area contributed by atoms with Crippen LogP contribution in [-0.2, 0) is 9.47 Å². The second-order valence-corrected chi connectivity index (χ2v) is 2.89. The highest BCUT2D eigenvalue weighted by molar-refractivity contribution is 7.78. The predicted molar refractivity (Wildman–Crippen MR) is 46.5 cm³/mol. The molecule has 1 saturated heterocycles. The maximum Gasteiger partial charge on any atom is 0.157 e. The van der Waals surface area contributed by atoms with E-state index in [2.05, 4.69) is 17.5 Å². The van der Waals surface area contributed by atoms with Crippen LogP contribution < -0.4 is 4.72 Å². The fourth-order valence-electron chi connectivity index (χ4n) is 1.05. The van der Waals surface area contributed by atoms with E-state index in [1.165, 1.54) is 0 Å². The van der Waals surface area contributed by atoms with Crippen molar-refractivity contribution in [1.82, 2.24) is 4.72 Å². The molecule has 0 atom stereocenters. The van der Waals surface area contributed by atoms with Gasteiger partial charge in [0, 0.05) is 6.54 Å². The second kappa shape index (κ2) is 5.83. The van der Waals surface area contributed by atoms with Gasteiger partial charge in [0.25, 0.3) is 0 Å². The van der Waals surface area contributed by atoms with E-state index in [1.807, 2.05) is 0 Å². The summed E-state index contributed by atoms with van der Waals surface area (Å²) in [6, 6.07) is 0. The SMILES string of the molecule is SNCCCC1OCCCO1. The first-order valence-corrected chi connectivity index (χ1v) is 4.48. The Hall–Kier alpha value is 0.230. The molecule has 0 amide bonds. The van der Waals surface area contributed by atoms with Gasteiger partial charge in [-0.05, 0) is 19.3 Å². The number of ether oxygens (including phenoxy) is 2. The van der Waals surface area contributed by atoms with Crippen LogP contribution in [0.1, 0.15) is 19.3 Å². The van der Waals surface area contributed by atoms with Gasteiger partial charge < -0.3 is 9.47 Å². The zero-order valence-electron chi connectivity index (χ0n) is 6.58. The van der Waals surface area contributed by atoms with E-state index in [4.69, 9.17) is 9.47 Å². The Balaban J connectivity index is 1.96. The van der Waals surface area contributed by atoms with Crippen molar-refractivity contribution in [3.8, 4) is 0 Å². The van der Waals surface area contributed by atoms with Crippen LogP contribution in [0.15, 0.2) is 0 Å². The summed E-state index contributed by atoms with van der Waals surface area (Å²) >= 11 is 3.89. The van der Waals surface area contributed by atoms with Crippen molar-refractivity contribution in [2.45, 2.75) is 25.6 Å². The van der Waals surface area contributed by atoms with Gasteiger partial charge in [0.1, 0.15) is 0 Å². The monoisotopic (exact) mass is 177 g/mol. The van der Waals surface area contributed by atoms with Gasteiger partial charge in [-0.1, -0.05) is 12.8 Å². The standard InChI is InChI=1S/C7H15NO2S/c11-8-4-1-3-7-9-5-2-6-10-7/h7-8,11H,1-6H2. The van der Waals surface area contributed by atoms with E-state index < -0.39 is 0 Å². The fourth-order valence-corrected chi connectivity index (χ4v) is 1.21. The molecule has 0 aromatic heterocycles. The Morgan fingerprint density at radius 2 is 2.09 bits per heavy atom. The summed E-state index contributed by atoms with van der Waals surface area (Å²) in [6.07, 6.45) is 3.08. The molecule has 0 radical (unpaired) electrons. The molecule has 1 heterocycles. The van der Waals surface area contributed by atoms with Crippen molar-refractivity contribution >= 4 is 12.8 Å². The molecule has 3 nitrogen and oxygen atoms in total. The molecule has 1 N–H and O–H groups in total. The quantitative estimate of drug-likeness (QED) is 0.495. The zero-order chi connectivity index (χ0) is 7.94. The van der Waals surface area contributed by atoms with Crippen LogP contribution in [0.25, 0.3) is 0 Å². The van der Waals surface area contributed by atoms with Crippen molar-refractivity contribution in [1.29, 1.82) is 0 Å². The molecular weight excluding hydrogens is 162 g/mol. The third kappa shape index (κ3) is 3.96. The summed E-state index contributed by atoms with van der Waals surface area (Å²) < 4.78 is 13.5. The molecule has 66 valence electrons. The smallest absolute Gasteiger partial charge is 0.157 e. The van der Waals surface area contributed by atoms with Crippen LogP contribution in [0.4, 0.5) is 0 Å². The van der Waals surface area contributed by atoms with E-state index in [1.54, 1.807) is 0 Å². The van der Waals surface area contributed by atoms with Crippen LogP contribution in [0, 0.1) is 0 Å². The second-order valence-electron chi connectivity index (χ2n) is 2.58. The fraction of sp³-hybridized carbons (Fsp3) is 1.00. The molecule has 11 heavy (non-hydrogen) atoms. The van der Waals surface area contributed by atoms with E-state index in [0.29, 0.717) is 0 Å². The minimum atomic E-state index is 0.0328. The summed E-state index contributed by atoms with van der Waals surface area (Å²) in [7, 11) is 0. The molecular formula is C7H15NO2S. The Morgan fingerprint density at radius 3 is 2.73 bits per heavy atom. The van der Waals surface area contributed by atoms with Gasteiger partial charge in [-0.2, -0.15) is 0 Å². The first kappa shape index (κ1) is 9.32. The third-order valence-corrected chi connectivity index (χ3v) is 1.85. The molecule has 0 aliphatic carbocycles. The molecule has 0 saturated carbocycles. The van der Waals surface area contributed by atoms with E-state index >= 15 is 0 Å². The van der Waals surface area contributed by atoms with Crippen molar-refractivity contribution in [2.24, 2.45) is 0 Å². The maximum absolute atomic E-state index is 5.35. The Morgan fingerprint density at radius 1 is 1.36 bits per heavy atom. The molecule has 0 unspecified atom stereocenters. The number of hydrogen-bond acceptors (Lipinski definition) is 4. The maximum atomic E-state index is 5.35. The third-order valence-electron chi connectivity index (χ3n) is 1.62. The van der Waals surface area contributed by atoms with Crippen molar-refractivity contribution < 1.29 is 9.47 Å². The summed E-state index contributed by atoms with van der Waals surface area (Å²) in [5.41, 5.74) is 0. The Bertz CT molecular complexity index is 96.4. The molecule has 0 aromatic carbocycles. The summed E-state index contributed by atoms with van der Waals surface area (Å²) in [4.78, 5) is 0. The molecule has 4 heteroatoms. The highest BCUT2D eigenvalue weighted by Gasteiger charge is 2.12. The highest BCUT2D eigenvalue weighted by atomic mass is 32.1. The Labute approximate surface area is 73.0 Å². The Kier molecular flexibility index (Phi) is 4.94. The largest absolute Gasteiger partial charge is 0.353 e. The van der Waals surface area contributed by atoms with Crippen LogP contribution >= 0.6 is 12.8 Å². The summed E-state index contributed by atoms with van der Waals surface area (Å²) in [6.45, 7) is 2.60. The lowest BCUT2D eigenvalue weighted by atomic mass is 10.3. The topological polar surface area (TPSA) is 30.5 Å². The molecule has 0 bridgehead atoms. The number of thiol groups is 1. The minimum absolute atomic E-state index is 0.0328. The molecule has 1 aliphatic rings. The van der Waals surface area contributed by atoms with Crippen molar-refractivity contribution in [3.05, 3.63) is 0 Å². The van der Waals surface area contributed by atoms with Gasteiger partial charge in [-0.15, -0.1) is 0 Å². The van der Waals surface area contributed by atoms with Gasteiger partial charge >= 0.3 is 0 Å². The van der Waals surface area contributed by atoms with Crippen LogP contribution in [0.3, 0.4) is 0 Å². The van der Waals surface area contributed by atoms with E-state index in [-0.39, 0.29) is 6.29 Å². The first-order chi connectivity index (χ1) is 5.43. The van der Waals surface area contributed by atoms with Crippen LogP contribution in [-0.4, -0.2) is 26.0 Å². The summed E-state index contributed by atoms with van der Waals surface area (Å²) in [5.74, 6) is 0. The number of nitrogens with one attached hydrogen (secondary N) is 1. The van der Waals surface area contributed by atoms with Gasteiger partial charge in [0.2, 0.25) is 0 Å². The average Bonchev–Trinajstić information content (AvgIpc) is 2.07. The highest BCUT2D eigenvalue weighted by Crippen LogP contribution is 2.09. The molecule has 0 spiro atoms. The summed E-state index contributed by atoms with van der Waals surface area (Å²) in [5, 5.41) is 0. The molecule has 0 aromatic rings. The lowest BCUT2D eigenvalue weighted by Crippen LogP contribution is -2.25. The van der Waals surface area contributed by atoms with Gasteiger partial charge in [0.05, 0.1) is 13.2 Å². The van der Waals surface area contributed by atoms with Crippen molar-refractivity contribution in [2.75, 3.05) is 19.8 Å². The van der Waals surface area contributed by atoms with Crippen LogP contribution in [0.5, 0.6) is 0 Å². The molecule has 1 fully saturated rings. The predicted octanol–water partition coefficient (Wildman–Crippen LogP) is 0.964. The van der Waals surface area contributed by atoms with Crippen LogP contribution in [0.2, 0.25) is 0 Å². The van der Waals surface area contributed by atoms with Gasteiger partial charge in [0.15, 0.2) is 6.29 Å².